The Labute approximate surface area is 168 Å². The molecular formula is C22H20N2O3S. The third-order valence-electron chi connectivity index (χ3n) is 4.63. The van der Waals surface area contributed by atoms with Crippen LogP contribution in [0.4, 0.5) is 0 Å². The summed E-state index contributed by atoms with van der Waals surface area (Å²) >= 11 is 1.30. The van der Waals surface area contributed by atoms with E-state index in [4.69, 9.17) is 9.47 Å². The molecule has 0 aliphatic carbocycles. The zero-order valence-corrected chi connectivity index (χ0v) is 17.0. The number of aryl methyl sites for hydroxylation is 2. The van der Waals surface area contributed by atoms with Crippen molar-refractivity contribution in [1.29, 1.82) is 5.26 Å². The van der Waals surface area contributed by atoms with Gasteiger partial charge in [-0.1, -0.05) is 12.1 Å². The van der Waals surface area contributed by atoms with Gasteiger partial charge in [-0.2, -0.15) is 5.26 Å². The average molecular weight is 392 g/mol. The van der Waals surface area contributed by atoms with E-state index in [1.807, 2.05) is 43.5 Å². The highest BCUT2D eigenvalue weighted by Gasteiger charge is 2.25. The Balaban J connectivity index is 1.92. The van der Waals surface area contributed by atoms with E-state index in [1.54, 1.807) is 26.4 Å². The molecule has 0 saturated carbocycles. The number of methoxy groups -OCH3 is 2. The number of nitrogens with zero attached hydrogens (tertiary/aromatic N) is 2. The number of rotatable bonds is 6. The minimum Gasteiger partial charge on any atom is -0.493 e. The molecule has 142 valence electrons. The van der Waals surface area contributed by atoms with E-state index >= 15 is 0 Å². The van der Waals surface area contributed by atoms with Crippen molar-refractivity contribution in [3.63, 3.8) is 0 Å². The number of hydrogen-bond acceptors (Lipinski definition) is 6. The Bertz CT molecular complexity index is 1070. The highest BCUT2D eigenvalue weighted by Crippen LogP contribution is 2.34. The second-order valence-corrected chi connectivity index (χ2v) is 7.26. The van der Waals surface area contributed by atoms with E-state index in [-0.39, 0.29) is 5.78 Å². The maximum Gasteiger partial charge on any atom is 0.186 e. The first kappa shape index (κ1) is 19.6. The first-order valence-corrected chi connectivity index (χ1v) is 9.55. The van der Waals surface area contributed by atoms with Crippen LogP contribution in [-0.4, -0.2) is 25.0 Å². The van der Waals surface area contributed by atoms with Gasteiger partial charge in [-0.05, 0) is 49.2 Å². The third-order valence-corrected chi connectivity index (χ3v) is 5.54. The standard InChI is InChI=1S/C22H20N2O3S/c1-13-5-6-16(9-14(13)2)21(25)17(11-23)22-24-18(12-28-22)15-7-8-19(26-3)20(10-15)27-4/h5-10,12,17H,1-4H3. The van der Waals surface area contributed by atoms with Gasteiger partial charge >= 0.3 is 0 Å². The van der Waals surface area contributed by atoms with Crippen LogP contribution in [0.15, 0.2) is 41.8 Å². The molecule has 6 heteroatoms. The number of thiazole rings is 1. The number of carbonyl (C=O) groups is 1. The Hall–Kier alpha value is -3.17. The smallest absolute Gasteiger partial charge is 0.186 e. The van der Waals surface area contributed by atoms with Gasteiger partial charge in [0.25, 0.3) is 0 Å². The fourth-order valence-electron chi connectivity index (χ4n) is 2.84. The van der Waals surface area contributed by atoms with Crippen LogP contribution in [-0.2, 0) is 0 Å². The van der Waals surface area contributed by atoms with E-state index < -0.39 is 5.92 Å². The molecule has 1 unspecified atom stereocenters. The lowest BCUT2D eigenvalue weighted by molar-refractivity contribution is 0.0978. The van der Waals surface area contributed by atoms with Crippen molar-refractivity contribution in [2.45, 2.75) is 19.8 Å². The summed E-state index contributed by atoms with van der Waals surface area (Å²) in [6.07, 6.45) is 0. The monoisotopic (exact) mass is 392 g/mol. The number of hydrogen-bond donors (Lipinski definition) is 0. The number of Topliss-reactive ketones (excluding diaryl/α,β-unsaturated/α-hetero) is 1. The SMILES string of the molecule is COc1ccc(-c2csc(C(C#N)C(=O)c3ccc(C)c(C)c3)n2)cc1OC. The van der Waals surface area contributed by atoms with E-state index in [0.29, 0.717) is 27.8 Å². The number of nitriles is 1. The normalized spacial score (nSPS) is 11.5. The lowest BCUT2D eigenvalue weighted by atomic mass is 9.96. The molecule has 0 radical (unpaired) electrons. The van der Waals surface area contributed by atoms with Crippen LogP contribution in [0, 0.1) is 25.2 Å². The van der Waals surface area contributed by atoms with Crippen molar-refractivity contribution in [2.75, 3.05) is 14.2 Å². The van der Waals surface area contributed by atoms with E-state index in [2.05, 4.69) is 11.1 Å². The fraction of sp³-hybridized carbons (Fsp3) is 0.227. The molecule has 0 saturated heterocycles. The van der Waals surface area contributed by atoms with E-state index in [0.717, 1.165) is 16.7 Å². The Morgan fingerprint density at radius 1 is 1.07 bits per heavy atom. The summed E-state index contributed by atoms with van der Waals surface area (Å²) in [5.41, 5.74) is 4.17. The van der Waals surface area contributed by atoms with Crippen molar-refractivity contribution in [2.24, 2.45) is 0 Å². The first-order valence-electron chi connectivity index (χ1n) is 8.67. The predicted octanol–water partition coefficient (Wildman–Crippen LogP) is 4.93. The molecule has 3 rings (SSSR count). The second-order valence-electron chi connectivity index (χ2n) is 6.37. The molecular weight excluding hydrogens is 372 g/mol. The van der Waals surface area contributed by atoms with Gasteiger partial charge < -0.3 is 9.47 Å². The van der Waals surface area contributed by atoms with Gasteiger partial charge in [0.1, 0.15) is 5.01 Å². The van der Waals surface area contributed by atoms with Gasteiger partial charge in [-0.25, -0.2) is 4.98 Å². The first-order chi connectivity index (χ1) is 13.5. The van der Waals surface area contributed by atoms with E-state index in [9.17, 15) is 10.1 Å². The molecule has 0 aliphatic rings. The summed E-state index contributed by atoms with van der Waals surface area (Å²) in [5.74, 6) is 0.0546. The maximum atomic E-state index is 12.9. The number of aromatic nitrogens is 1. The number of ketones is 1. The van der Waals surface area contributed by atoms with Crippen LogP contribution in [0.2, 0.25) is 0 Å². The van der Waals surface area contributed by atoms with Crippen molar-refractivity contribution in [3.8, 4) is 28.8 Å². The largest absolute Gasteiger partial charge is 0.493 e. The summed E-state index contributed by atoms with van der Waals surface area (Å²) < 4.78 is 10.6. The number of benzene rings is 2. The summed E-state index contributed by atoms with van der Waals surface area (Å²) in [6, 6.07) is 13.1. The quantitative estimate of drug-likeness (QED) is 0.556. The zero-order valence-electron chi connectivity index (χ0n) is 16.1. The van der Waals surface area contributed by atoms with Gasteiger partial charge in [0, 0.05) is 16.5 Å². The zero-order chi connectivity index (χ0) is 20.3. The minimum absolute atomic E-state index is 0.237. The van der Waals surface area contributed by atoms with Crippen molar-refractivity contribution >= 4 is 17.1 Å². The lowest BCUT2D eigenvalue weighted by Crippen LogP contribution is -2.11. The Morgan fingerprint density at radius 3 is 2.46 bits per heavy atom. The summed E-state index contributed by atoms with van der Waals surface area (Å²) in [5, 5.41) is 11.9. The van der Waals surface area contributed by atoms with Gasteiger partial charge in [0.2, 0.25) is 0 Å². The summed E-state index contributed by atoms with van der Waals surface area (Å²) in [6.45, 7) is 3.94. The molecule has 2 aromatic carbocycles. The fourth-order valence-corrected chi connectivity index (χ4v) is 3.70. The van der Waals surface area contributed by atoms with Gasteiger partial charge in [-0.3, -0.25) is 4.79 Å². The van der Waals surface area contributed by atoms with Crippen molar-refractivity contribution in [1.82, 2.24) is 4.98 Å². The molecule has 1 heterocycles. The molecule has 28 heavy (non-hydrogen) atoms. The molecule has 1 atom stereocenters. The molecule has 0 fully saturated rings. The van der Waals surface area contributed by atoms with Gasteiger partial charge in [-0.15, -0.1) is 11.3 Å². The molecule has 0 N–H and O–H groups in total. The molecule has 0 spiro atoms. The van der Waals surface area contributed by atoms with E-state index in [1.165, 1.54) is 11.3 Å². The van der Waals surface area contributed by atoms with Gasteiger partial charge in [0.05, 0.1) is 26.0 Å². The Morgan fingerprint density at radius 2 is 1.82 bits per heavy atom. The predicted molar refractivity (Wildman–Crippen MR) is 109 cm³/mol. The Kier molecular flexibility index (Phi) is 5.76. The third kappa shape index (κ3) is 3.75. The van der Waals surface area contributed by atoms with Gasteiger partial charge in [0.15, 0.2) is 23.2 Å². The second kappa shape index (κ2) is 8.24. The summed E-state index contributed by atoms with van der Waals surface area (Å²) in [4.78, 5) is 17.4. The molecule has 0 bridgehead atoms. The molecule has 0 amide bonds. The molecule has 5 nitrogen and oxygen atoms in total. The molecule has 0 aliphatic heterocycles. The summed E-state index contributed by atoms with van der Waals surface area (Å²) in [7, 11) is 3.15. The number of ether oxygens (including phenoxy) is 2. The highest BCUT2D eigenvalue weighted by molar-refractivity contribution is 7.10. The van der Waals surface area contributed by atoms with Crippen LogP contribution in [0.3, 0.4) is 0 Å². The topological polar surface area (TPSA) is 72.2 Å². The van der Waals surface area contributed by atoms with Crippen molar-refractivity contribution < 1.29 is 14.3 Å². The van der Waals surface area contributed by atoms with Crippen LogP contribution in [0.5, 0.6) is 11.5 Å². The highest BCUT2D eigenvalue weighted by atomic mass is 32.1. The maximum absolute atomic E-state index is 12.9. The van der Waals surface area contributed by atoms with Crippen LogP contribution < -0.4 is 9.47 Å². The number of carbonyl (C=O) groups excluding carboxylic acids is 1. The van der Waals surface area contributed by atoms with Crippen LogP contribution in [0.25, 0.3) is 11.3 Å². The van der Waals surface area contributed by atoms with Crippen molar-refractivity contribution in [3.05, 3.63) is 63.5 Å². The molecule has 1 aromatic heterocycles. The lowest BCUT2D eigenvalue weighted by Gasteiger charge is -2.09. The average Bonchev–Trinajstić information content (AvgIpc) is 3.19. The minimum atomic E-state index is -0.930. The van der Waals surface area contributed by atoms with Crippen LogP contribution in [0.1, 0.15) is 32.4 Å². The molecule has 3 aromatic rings. The van der Waals surface area contributed by atoms with Crippen LogP contribution >= 0.6 is 11.3 Å².